The maximum atomic E-state index is 15.0. The van der Waals surface area contributed by atoms with Crippen molar-refractivity contribution >= 4 is 29.7 Å². The van der Waals surface area contributed by atoms with Crippen LogP contribution in [0.1, 0.15) is 135 Å². The van der Waals surface area contributed by atoms with Gasteiger partial charge in [-0.1, -0.05) is 34.6 Å². The molecule has 0 unspecified atom stereocenters. The van der Waals surface area contributed by atoms with E-state index >= 15 is 4.79 Å². The first-order valence-corrected chi connectivity index (χ1v) is 22.8. The molecule has 0 aromatic rings. The van der Waals surface area contributed by atoms with Crippen molar-refractivity contribution in [2.24, 2.45) is 28.6 Å². The fraction of sp³-hybridized carbons (Fsp3) is 0.894. The van der Waals surface area contributed by atoms with Crippen LogP contribution in [0.25, 0.3) is 0 Å². The van der Waals surface area contributed by atoms with Crippen LogP contribution in [-0.2, 0) is 71.3 Å². The molecule has 4 aliphatic heterocycles. The summed E-state index contributed by atoms with van der Waals surface area (Å²) in [7, 11) is 5.50. The third-order valence-electron chi connectivity index (χ3n) is 18.1. The van der Waals surface area contributed by atoms with Crippen molar-refractivity contribution in [3.63, 3.8) is 0 Å². The minimum absolute atomic E-state index is 0.147. The van der Waals surface area contributed by atoms with E-state index in [1.165, 1.54) is 20.8 Å². The summed E-state index contributed by atoms with van der Waals surface area (Å²) in [6.45, 7) is 24.5. The van der Waals surface area contributed by atoms with Gasteiger partial charge in [-0.2, -0.15) is 0 Å². The van der Waals surface area contributed by atoms with Gasteiger partial charge in [0.15, 0.2) is 28.9 Å². The first kappa shape index (κ1) is 48.2. The summed E-state index contributed by atoms with van der Waals surface area (Å²) in [5.74, 6) is -4.68. The zero-order valence-corrected chi connectivity index (χ0v) is 40.6. The van der Waals surface area contributed by atoms with Crippen LogP contribution in [0.3, 0.4) is 0 Å². The van der Waals surface area contributed by atoms with Crippen LogP contribution in [0.4, 0.5) is 0 Å². The van der Waals surface area contributed by atoms with Gasteiger partial charge < -0.3 is 47.4 Å². The molecule has 4 heterocycles. The summed E-state index contributed by atoms with van der Waals surface area (Å²) in [6.07, 6.45) is -1.57. The van der Waals surface area contributed by atoms with E-state index in [1.54, 1.807) is 34.8 Å². The zero-order valence-electron chi connectivity index (χ0n) is 40.6. The number of cyclic esters (lactones) is 1. The molecule has 0 aromatic heterocycles. The van der Waals surface area contributed by atoms with Crippen LogP contribution < -0.4 is 0 Å². The number of carbonyl (C=O) groups is 5. The first-order chi connectivity index (χ1) is 28.9. The number of hydrogen-bond donors (Lipinski definition) is 0. The van der Waals surface area contributed by atoms with E-state index < -0.39 is 122 Å². The molecule has 16 heteroatoms. The van der Waals surface area contributed by atoms with Crippen LogP contribution in [0.5, 0.6) is 0 Å². The lowest BCUT2D eigenvalue weighted by atomic mass is 9.63. The topological polar surface area (TPSA) is 184 Å². The smallest absolute Gasteiger partial charge is 0.311 e. The van der Waals surface area contributed by atoms with Gasteiger partial charge in [0.1, 0.15) is 23.4 Å². The van der Waals surface area contributed by atoms with Gasteiger partial charge in [-0.05, 0) is 80.8 Å². The second-order valence-corrected chi connectivity index (χ2v) is 21.8. The first-order valence-electron chi connectivity index (χ1n) is 22.8. The van der Waals surface area contributed by atoms with Crippen molar-refractivity contribution in [1.82, 2.24) is 4.90 Å². The summed E-state index contributed by atoms with van der Waals surface area (Å²) in [4.78, 5) is 70.2. The van der Waals surface area contributed by atoms with Gasteiger partial charge in [0.2, 0.25) is 6.29 Å². The van der Waals surface area contributed by atoms with Gasteiger partial charge in [0.25, 0.3) is 0 Å². The van der Waals surface area contributed by atoms with Crippen LogP contribution in [-0.4, -0.2) is 138 Å². The molecule has 3 saturated carbocycles. The Morgan fingerprint density at radius 2 is 1.27 bits per heavy atom. The molecule has 63 heavy (non-hydrogen) atoms. The molecule has 7 rings (SSSR count). The summed E-state index contributed by atoms with van der Waals surface area (Å²) in [5.41, 5.74) is -11.1. The molecular weight excluding hydrogens is 819 g/mol. The molecule has 0 amide bonds. The number of esters is 4. The van der Waals surface area contributed by atoms with Gasteiger partial charge in [-0.25, -0.2) is 0 Å². The lowest BCUT2D eigenvalue weighted by Crippen LogP contribution is -2.62. The van der Waals surface area contributed by atoms with Crippen LogP contribution in [0, 0.1) is 28.6 Å². The van der Waals surface area contributed by atoms with Gasteiger partial charge in [-0.3, -0.25) is 28.9 Å². The SMILES string of the molecule is CO[C@@]12C[C@H](O[C@]3(C)[C@@H](C)C(=O)O[C@H](C)C(C)(C)[C@](C)(OC(C)=O)[C@@H](C)C(=O)[C@@]4(CO4)C[C@H](C)[C@@]4(O[C@@H]5O[C@H](C)C[C@@]6(N(C)C)C[C@]56OC(C)=O)C[C@@]43C)O[C@@H](C)[C@@]1(OC(C)=O)C2. The molecule has 16 nitrogen and oxygen atoms in total. The number of hydrogen-bond acceptors (Lipinski definition) is 16. The minimum atomic E-state index is -1.45. The molecular formula is C47H73NO15. The van der Waals surface area contributed by atoms with Gasteiger partial charge in [-0.15, -0.1) is 0 Å². The summed E-state index contributed by atoms with van der Waals surface area (Å²) in [6, 6.07) is 0. The Bertz CT molecular complexity index is 1920. The highest BCUT2D eigenvalue weighted by Crippen LogP contribution is 2.75. The Morgan fingerprint density at radius 3 is 1.81 bits per heavy atom. The van der Waals surface area contributed by atoms with Gasteiger partial charge in [0, 0.05) is 58.0 Å². The highest BCUT2D eigenvalue weighted by molar-refractivity contribution is 5.93. The van der Waals surface area contributed by atoms with E-state index in [1.807, 2.05) is 62.6 Å². The standard InChI is InChI=1S/C47H73NO15/c1-25-18-42(24-55-42)35(52)27(3)40(13,59-31(7)49)38(10,11)29(5)58-36(53)28(4)41(14,62-34-20-44(54-17)23-46(44,30(6)57-34)60-32(8)50)39(12)21-45(25,39)63-37-47(61-33(9)51)22-43(47,48(15)16)19-26(2)56-37/h25-30,34,37H,18-24H2,1-17H3/t25-,26+,27-,28-,29+,30-,34-,37-,39+,40+,41+,42-,43+,44+,45-,46-,47-/m0/s1. The number of ketones is 1. The number of nitrogens with zero attached hydrogens (tertiary/aromatic N) is 1. The summed E-state index contributed by atoms with van der Waals surface area (Å²) < 4.78 is 65.1. The van der Waals surface area contributed by atoms with E-state index in [2.05, 4.69) is 4.90 Å². The number of ether oxygens (including phenoxy) is 10. The Hall–Kier alpha value is -2.73. The van der Waals surface area contributed by atoms with Crippen molar-refractivity contribution in [2.45, 2.75) is 211 Å². The van der Waals surface area contributed by atoms with E-state index in [9.17, 15) is 19.2 Å². The largest absolute Gasteiger partial charge is 0.462 e. The van der Waals surface area contributed by atoms with E-state index in [-0.39, 0.29) is 31.3 Å². The number of epoxide rings is 1. The van der Waals surface area contributed by atoms with Crippen molar-refractivity contribution in [3.05, 3.63) is 0 Å². The Morgan fingerprint density at radius 1 is 0.683 bits per heavy atom. The number of carbonyl (C=O) groups excluding carboxylic acids is 5. The van der Waals surface area contributed by atoms with Crippen LogP contribution in [0.15, 0.2) is 0 Å². The van der Waals surface area contributed by atoms with E-state index in [0.717, 1.165) is 0 Å². The Kier molecular flexibility index (Phi) is 11.4. The molecule has 7 aliphatic rings. The Balaban J connectivity index is 1.37. The second-order valence-electron chi connectivity index (χ2n) is 21.8. The Labute approximate surface area is 372 Å². The maximum absolute atomic E-state index is 15.0. The summed E-state index contributed by atoms with van der Waals surface area (Å²) in [5, 5.41) is 0. The molecule has 0 radical (unpaired) electrons. The van der Waals surface area contributed by atoms with Crippen molar-refractivity contribution < 1.29 is 71.3 Å². The average molecular weight is 892 g/mol. The molecule has 1 spiro atoms. The highest BCUT2D eigenvalue weighted by Gasteiger charge is 2.85. The number of rotatable bonds is 9. The maximum Gasteiger partial charge on any atom is 0.311 e. The molecule has 17 atom stereocenters. The van der Waals surface area contributed by atoms with Gasteiger partial charge in [0.05, 0.1) is 41.3 Å². The van der Waals surface area contributed by atoms with Gasteiger partial charge >= 0.3 is 23.9 Å². The monoisotopic (exact) mass is 891 g/mol. The average Bonchev–Trinajstić information content (AvgIpc) is 4.07. The third-order valence-corrected chi connectivity index (χ3v) is 18.1. The fourth-order valence-electron chi connectivity index (χ4n) is 12.9. The fourth-order valence-corrected chi connectivity index (χ4v) is 12.9. The van der Waals surface area contributed by atoms with Crippen molar-refractivity contribution in [2.75, 3.05) is 27.8 Å². The number of fused-ring (bicyclic) bond motifs is 3. The number of methoxy groups -OCH3 is 1. The molecule has 0 aromatic carbocycles. The molecule has 0 N–H and O–H groups in total. The van der Waals surface area contributed by atoms with Crippen molar-refractivity contribution in [3.8, 4) is 0 Å². The predicted octanol–water partition coefficient (Wildman–Crippen LogP) is 5.22. The normalized spacial score (nSPS) is 51.1. The highest BCUT2D eigenvalue weighted by atomic mass is 16.7. The summed E-state index contributed by atoms with van der Waals surface area (Å²) >= 11 is 0. The third kappa shape index (κ3) is 6.71. The number of Topliss-reactive ketones (excluding diaryl/α,β-unsaturated/α-hetero) is 1. The van der Waals surface area contributed by atoms with Crippen molar-refractivity contribution in [1.29, 1.82) is 0 Å². The molecule has 356 valence electrons. The minimum Gasteiger partial charge on any atom is -0.462 e. The predicted molar refractivity (Wildman–Crippen MR) is 224 cm³/mol. The van der Waals surface area contributed by atoms with E-state index in [0.29, 0.717) is 25.7 Å². The van der Waals surface area contributed by atoms with Crippen LogP contribution in [0.2, 0.25) is 0 Å². The molecule has 3 aliphatic carbocycles. The molecule has 0 bridgehead atoms. The lowest BCUT2D eigenvalue weighted by molar-refractivity contribution is -0.321. The molecule has 7 fully saturated rings. The van der Waals surface area contributed by atoms with Crippen LogP contribution >= 0.6 is 0 Å². The number of likely N-dealkylation sites (N-methyl/N-ethyl adjacent to an activating group) is 1. The zero-order chi connectivity index (χ0) is 47.1. The molecule has 4 saturated heterocycles. The quantitative estimate of drug-likeness (QED) is 0.167. The second kappa shape index (κ2) is 14.9. The lowest BCUT2D eigenvalue weighted by Gasteiger charge is -2.51. The van der Waals surface area contributed by atoms with E-state index in [4.69, 9.17) is 47.4 Å².